The number of phosphoric ester groups is 1. The van der Waals surface area contributed by atoms with Gasteiger partial charge in [0, 0.05) is 29.2 Å². The van der Waals surface area contributed by atoms with Crippen LogP contribution in [-0.2, 0) is 15.8 Å². The minimum Gasteiger partial charge on any atom is -0.496 e. The fourth-order valence-corrected chi connectivity index (χ4v) is 3.67. The molecule has 0 saturated heterocycles. The molecular weight excluding hydrogens is 477 g/mol. The Morgan fingerprint density at radius 1 is 1.09 bits per heavy atom. The van der Waals surface area contributed by atoms with E-state index < -0.39 is 20.3 Å². The molecule has 0 saturated carbocycles. The van der Waals surface area contributed by atoms with Crippen LogP contribution in [0, 0.1) is 20.8 Å². The highest BCUT2D eigenvalue weighted by Crippen LogP contribution is 2.36. The molecule has 0 spiro atoms. The van der Waals surface area contributed by atoms with Crippen LogP contribution in [0.1, 0.15) is 16.7 Å². The third kappa shape index (κ3) is 5.52. The summed E-state index contributed by atoms with van der Waals surface area (Å²) < 4.78 is 27.0. The molecule has 0 bridgehead atoms. The number of aromatic nitrogens is 3. The van der Waals surface area contributed by atoms with Crippen LogP contribution in [0.4, 0.5) is 23.1 Å². The van der Waals surface area contributed by atoms with Crippen LogP contribution in [0.15, 0.2) is 45.7 Å². The van der Waals surface area contributed by atoms with Crippen molar-refractivity contribution in [3.63, 3.8) is 0 Å². The van der Waals surface area contributed by atoms with Gasteiger partial charge in [0.25, 0.3) is 0 Å². The number of anilines is 4. The minimum atomic E-state index is -4.77. The lowest BCUT2D eigenvalue weighted by molar-refractivity contribution is 0.151. The van der Waals surface area contributed by atoms with E-state index in [1.165, 1.54) is 0 Å². The molecule has 12 nitrogen and oxygen atoms in total. The van der Waals surface area contributed by atoms with Crippen LogP contribution in [0.5, 0.6) is 5.75 Å². The second-order valence-corrected chi connectivity index (χ2v) is 9.06. The molecule has 4 aromatic rings. The topological polar surface area (TPSA) is 161 Å². The fraction of sp³-hybridized carbons (Fsp3) is 0.227. The maximum Gasteiger partial charge on any atom is 0.471 e. The Bertz CT molecular complexity index is 1510. The van der Waals surface area contributed by atoms with E-state index in [9.17, 15) is 9.36 Å². The quantitative estimate of drug-likeness (QED) is 0.259. The molecule has 35 heavy (non-hydrogen) atoms. The molecule has 4 N–H and O–H groups in total. The molecule has 2 aromatic heterocycles. The molecule has 2 aromatic carbocycles. The number of benzene rings is 2. The predicted molar refractivity (Wildman–Crippen MR) is 129 cm³/mol. The van der Waals surface area contributed by atoms with E-state index in [1.54, 1.807) is 31.5 Å². The van der Waals surface area contributed by atoms with Crippen molar-refractivity contribution in [1.29, 1.82) is 0 Å². The summed E-state index contributed by atoms with van der Waals surface area (Å²) in [5.41, 5.74) is 4.73. The number of rotatable bonds is 8. The van der Waals surface area contributed by atoms with E-state index in [1.807, 2.05) is 32.9 Å². The Hall–Kier alpha value is -3.70. The van der Waals surface area contributed by atoms with Crippen molar-refractivity contribution >= 4 is 42.1 Å². The molecule has 2 heterocycles. The van der Waals surface area contributed by atoms with Gasteiger partial charge < -0.3 is 29.6 Å². The molecule has 4 rings (SSSR count). The highest BCUT2D eigenvalue weighted by Gasteiger charge is 2.18. The second kappa shape index (κ2) is 9.51. The number of hydrogen-bond donors (Lipinski definition) is 4. The van der Waals surface area contributed by atoms with Crippen molar-refractivity contribution in [2.45, 2.75) is 27.5 Å². The van der Waals surface area contributed by atoms with E-state index >= 15 is 0 Å². The van der Waals surface area contributed by atoms with Gasteiger partial charge in [-0.2, -0.15) is 4.98 Å². The number of nitrogens with one attached hydrogen (secondary N) is 2. The summed E-state index contributed by atoms with van der Waals surface area (Å²) in [6, 6.07) is 8.67. The fourth-order valence-electron chi connectivity index (χ4n) is 3.40. The number of phosphoric acid groups is 1. The third-order valence-corrected chi connectivity index (χ3v) is 5.80. The van der Waals surface area contributed by atoms with Gasteiger partial charge in [-0.3, -0.25) is 4.52 Å². The van der Waals surface area contributed by atoms with Gasteiger partial charge in [-0.25, -0.2) is 18.9 Å². The largest absolute Gasteiger partial charge is 0.496 e. The SMILES string of the molecule is COc1cc(Nc2ncc(C)c(Nc3ccc4oc(=O)n(COP(=O)(O)O)c4c3)n2)cc(C)c1C. The molecular formula is C22H24N5O7P. The lowest BCUT2D eigenvalue weighted by atomic mass is 10.1. The molecule has 0 amide bonds. The Labute approximate surface area is 199 Å². The van der Waals surface area contributed by atoms with Crippen molar-refractivity contribution < 1.29 is 28.0 Å². The molecule has 0 radical (unpaired) electrons. The van der Waals surface area contributed by atoms with Gasteiger partial charge in [-0.1, -0.05) is 0 Å². The Balaban J connectivity index is 1.61. The molecule has 0 fully saturated rings. The highest BCUT2D eigenvalue weighted by molar-refractivity contribution is 7.46. The highest BCUT2D eigenvalue weighted by atomic mass is 31.2. The van der Waals surface area contributed by atoms with Crippen molar-refractivity contribution in [3.05, 3.63) is 63.8 Å². The van der Waals surface area contributed by atoms with Crippen molar-refractivity contribution in [3.8, 4) is 5.75 Å². The lowest BCUT2D eigenvalue weighted by Gasteiger charge is -2.14. The Kier molecular flexibility index (Phi) is 6.64. The number of aryl methyl sites for hydroxylation is 2. The molecule has 184 valence electrons. The average Bonchev–Trinajstić information content (AvgIpc) is 3.10. The standard InChI is InChI=1S/C22H24N5O7P/c1-12-7-16(9-19(32-4)14(12)3)25-21-23-10-13(2)20(26-21)24-15-5-6-18-17(8-15)27(22(28)34-18)11-33-35(29,30)31/h5-10H,11H2,1-4H3,(H2,29,30,31)(H2,23,24,25,26). The molecule has 0 aliphatic heterocycles. The summed E-state index contributed by atoms with van der Waals surface area (Å²) >= 11 is 0. The molecule has 0 aliphatic carbocycles. The van der Waals surface area contributed by atoms with Crippen LogP contribution in [0.25, 0.3) is 11.1 Å². The van der Waals surface area contributed by atoms with Gasteiger partial charge in [0.1, 0.15) is 18.3 Å². The summed E-state index contributed by atoms with van der Waals surface area (Å²) in [6.45, 7) is 5.14. The number of ether oxygens (including phenoxy) is 1. The summed E-state index contributed by atoms with van der Waals surface area (Å²) in [5.74, 6) is 0.820. The van der Waals surface area contributed by atoms with Gasteiger partial charge in [0.05, 0.1) is 12.6 Å². The summed E-state index contributed by atoms with van der Waals surface area (Å²) in [6.07, 6.45) is 1.66. The summed E-state index contributed by atoms with van der Waals surface area (Å²) in [4.78, 5) is 38.9. The maximum atomic E-state index is 12.1. The van der Waals surface area contributed by atoms with Gasteiger partial charge in [0.15, 0.2) is 5.58 Å². The lowest BCUT2D eigenvalue weighted by Crippen LogP contribution is -2.15. The van der Waals surface area contributed by atoms with Crippen LogP contribution < -0.4 is 21.1 Å². The third-order valence-electron chi connectivity index (χ3n) is 5.35. The van der Waals surface area contributed by atoms with Crippen molar-refractivity contribution in [1.82, 2.24) is 14.5 Å². The smallest absolute Gasteiger partial charge is 0.471 e. The zero-order chi connectivity index (χ0) is 25.3. The van der Waals surface area contributed by atoms with E-state index in [0.29, 0.717) is 23.0 Å². The average molecular weight is 501 g/mol. The van der Waals surface area contributed by atoms with Gasteiger partial charge in [0.2, 0.25) is 5.95 Å². The van der Waals surface area contributed by atoms with E-state index in [4.69, 9.17) is 18.9 Å². The Morgan fingerprint density at radius 2 is 1.86 bits per heavy atom. The van der Waals surface area contributed by atoms with Crippen LogP contribution in [-0.4, -0.2) is 31.4 Å². The van der Waals surface area contributed by atoms with E-state index in [-0.39, 0.29) is 5.58 Å². The number of oxazole rings is 1. The maximum absolute atomic E-state index is 12.1. The predicted octanol–water partition coefficient (Wildman–Crippen LogP) is 3.87. The zero-order valence-electron chi connectivity index (χ0n) is 19.4. The van der Waals surface area contributed by atoms with Crippen LogP contribution in [0.2, 0.25) is 0 Å². The van der Waals surface area contributed by atoms with E-state index in [2.05, 4.69) is 25.1 Å². The number of fused-ring (bicyclic) bond motifs is 1. The first-order valence-electron chi connectivity index (χ1n) is 10.4. The summed E-state index contributed by atoms with van der Waals surface area (Å²) in [5, 5.41) is 6.36. The van der Waals surface area contributed by atoms with Crippen LogP contribution >= 0.6 is 7.82 Å². The molecule has 0 aliphatic rings. The Morgan fingerprint density at radius 3 is 2.57 bits per heavy atom. The van der Waals surface area contributed by atoms with Crippen LogP contribution in [0.3, 0.4) is 0 Å². The molecule has 0 unspecified atom stereocenters. The first kappa shape index (κ1) is 24.4. The van der Waals surface area contributed by atoms with Gasteiger partial charge in [-0.15, -0.1) is 0 Å². The zero-order valence-corrected chi connectivity index (χ0v) is 20.3. The van der Waals surface area contributed by atoms with E-state index in [0.717, 1.165) is 32.7 Å². The normalized spacial score (nSPS) is 11.6. The number of hydrogen-bond acceptors (Lipinski definition) is 9. The second-order valence-electron chi connectivity index (χ2n) is 7.82. The van der Waals surface area contributed by atoms with Crippen molar-refractivity contribution in [2.24, 2.45) is 0 Å². The summed E-state index contributed by atoms with van der Waals surface area (Å²) in [7, 11) is -3.16. The first-order valence-corrected chi connectivity index (χ1v) is 11.9. The number of methoxy groups -OCH3 is 1. The van der Waals surface area contributed by atoms with Crippen molar-refractivity contribution in [2.75, 3.05) is 17.7 Å². The molecule has 13 heteroatoms. The number of nitrogens with zero attached hydrogens (tertiary/aromatic N) is 3. The van der Waals surface area contributed by atoms with Gasteiger partial charge >= 0.3 is 13.6 Å². The van der Waals surface area contributed by atoms with Gasteiger partial charge in [-0.05, 0) is 56.2 Å². The molecule has 0 atom stereocenters. The minimum absolute atomic E-state index is 0.236. The monoisotopic (exact) mass is 501 g/mol. The first-order chi connectivity index (χ1) is 16.5.